The number of hydrogen-bond donors (Lipinski definition) is 2. The molecule has 2 unspecified atom stereocenters. The number of nitrogens with two attached hydrogens (primary N) is 1. The Kier molecular flexibility index (Phi) is 4.14. The third-order valence-corrected chi connectivity index (χ3v) is 3.43. The molecule has 0 spiro atoms. The van der Waals surface area contributed by atoms with Crippen molar-refractivity contribution in [2.24, 2.45) is 17.6 Å². The summed E-state index contributed by atoms with van der Waals surface area (Å²) < 4.78 is 0. The van der Waals surface area contributed by atoms with Crippen LogP contribution < -0.4 is 11.1 Å². The summed E-state index contributed by atoms with van der Waals surface area (Å²) in [4.78, 5) is 12.0. The lowest BCUT2D eigenvalue weighted by molar-refractivity contribution is -0.127. The Morgan fingerprint density at radius 2 is 2.13 bits per heavy atom. The minimum atomic E-state index is -0.159. The fraction of sp³-hybridized carbons (Fsp3) is 0.917. The molecule has 0 aromatic heterocycles. The predicted octanol–water partition coefficient (Wildman–Crippen LogP) is 1.67. The van der Waals surface area contributed by atoms with Crippen molar-refractivity contribution in [3.8, 4) is 0 Å². The monoisotopic (exact) mass is 212 g/mol. The van der Waals surface area contributed by atoms with Crippen LogP contribution in [0.25, 0.3) is 0 Å². The fourth-order valence-electron chi connectivity index (χ4n) is 2.38. The molecule has 0 saturated heterocycles. The molecule has 1 aliphatic carbocycles. The number of carbonyl (C=O) groups excluding carboxylic acids is 1. The molecule has 0 aromatic carbocycles. The van der Waals surface area contributed by atoms with Crippen LogP contribution in [0.3, 0.4) is 0 Å². The minimum absolute atomic E-state index is 0.159. The first-order valence-corrected chi connectivity index (χ1v) is 5.98. The molecule has 88 valence electrons. The molecule has 3 N–H and O–H groups in total. The summed E-state index contributed by atoms with van der Waals surface area (Å²) in [6.07, 6.45) is 4.26. The zero-order valence-corrected chi connectivity index (χ0v) is 10.2. The average Bonchev–Trinajstić information content (AvgIpc) is 2.50. The molecule has 0 bridgehead atoms. The van der Waals surface area contributed by atoms with E-state index in [1.165, 1.54) is 12.8 Å². The maximum Gasteiger partial charge on any atom is 0.223 e. The highest BCUT2D eigenvalue weighted by molar-refractivity contribution is 5.79. The Morgan fingerprint density at radius 1 is 1.47 bits per heavy atom. The van der Waals surface area contributed by atoms with Gasteiger partial charge in [-0.25, -0.2) is 0 Å². The van der Waals surface area contributed by atoms with Crippen molar-refractivity contribution in [2.75, 3.05) is 6.54 Å². The minimum Gasteiger partial charge on any atom is -0.351 e. The van der Waals surface area contributed by atoms with Gasteiger partial charge in [0.25, 0.3) is 0 Å². The van der Waals surface area contributed by atoms with Crippen molar-refractivity contribution < 1.29 is 4.79 Å². The molecule has 1 aliphatic rings. The first-order valence-electron chi connectivity index (χ1n) is 5.98. The van der Waals surface area contributed by atoms with Crippen LogP contribution in [0.15, 0.2) is 0 Å². The second-order valence-electron chi connectivity index (χ2n) is 5.43. The SMILES string of the molecule is CC1CCCC1C(=O)NC(C)(C)CCN. The van der Waals surface area contributed by atoms with Crippen LogP contribution in [-0.2, 0) is 4.79 Å². The van der Waals surface area contributed by atoms with Gasteiger partial charge in [-0.15, -0.1) is 0 Å². The highest BCUT2D eigenvalue weighted by atomic mass is 16.2. The second-order valence-corrected chi connectivity index (χ2v) is 5.43. The van der Waals surface area contributed by atoms with Crippen LogP contribution in [0.2, 0.25) is 0 Å². The summed E-state index contributed by atoms with van der Waals surface area (Å²) in [5, 5.41) is 3.11. The number of carbonyl (C=O) groups is 1. The van der Waals surface area contributed by atoms with Gasteiger partial charge in [0.15, 0.2) is 0 Å². The lowest BCUT2D eigenvalue weighted by Crippen LogP contribution is -2.47. The summed E-state index contributed by atoms with van der Waals surface area (Å²) in [6, 6.07) is 0. The molecular formula is C12H24N2O. The van der Waals surface area contributed by atoms with E-state index in [4.69, 9.17) is 5.73 Å². The Morgan fingerprint density at radius 3 is 2.60 bits per heavy atom. The quantitative estimate of drug-likeness (QED) is 0.744. The highest BCUT2D eigenvalue weighted by Crippen LogP contribution is 2.31. The lowest BCUT2D eigenvalue weighted by atomic mass is 9.94. The lowest BCUT2D eigenvalue weighted by Gasteiger charge is -2.28. The molecule has 0 radical (unpaired) electrons. The number of rotatable bonds is 4. The fourth-order valence-corrected chi connectivity index (χ4v) is 2.38. The standard InChI is InChI=1S/C12H24N2O/c1-9-5-4-6-10(9)11(15)14-12(2,3)7-8-13/h9-10H,4-8,13H2,1-3H3,(H,14,15). The first kappa shape index (κ1) is 12.5. The topological polar surface area (TPSA) is 55.1 Å². The largest absolute Gasteiger partial charge is 0.351 e. The van der Waals surface area contributed by atoms with Gasteiger partial charge in [0.05, 0.1) is 0 Å². The Hall–Kier alpha value is -0.570. The highest BCUT2D eigenvalue weighted by Gasteiger charge is 2.32. The number of hydrogen-bond acceptors (Lipinski definition) is 2. The second kappa shape index (κ2) is 4.97. The van der Waals surface area contributed by atoms with E-state index in [0.717, 1.165) is 12.8 Å². The Balaban J connectivity index is 2.47. The molecular weight excluding hydrogens is 188 g/mol. The molecule has 0 aromatic rings. The molecule has 3 heteroatoms. The third-order valence-electron chi connectivity index (χ3n) is 3.43. The van der Waals surface area contributed by atoms with Crippen molar-refractivity contribution in [1.29, 1.82) is 0 Å². The van der Waals surface area contributed by atoms with Gasteiger partial charge in [0, 0.05) is 11.5 Å². The molecule has 1 saturated carbocycles. The van der Waals surface area contributed by atoms with E-state index in [2.05, 4.69) is 12.2 Å². The number of amides is 1. The van der Waals surface area contributed by atoms with Crippen LogP contribution in [0.1, 0.15) is 46.5 Å². The van der Waals surface area contributed by atoms with E-state index in [1.807, 2.05) is 13.8 Å². The van der Waals surface area contributed by atoms with Crippen molar-refractivity contribution in [3.05, 3.63) is 0 Å². The molecule has 15 heavy (non-hydrogen) atoms. The van der Waals surface area contributed by atoms with Gasteiger partial charge in [-0.3, -0.25) is 4.79 Å². The van der Waals surface area contributed by atoms with Crippen molar-refractivity contribution in [2.45, 2.75) is 52.0 Å². The molecule has 3 nitrogen and oxygen atoms in total. The van der Waals surface area contributed by atoms with Crippen LogP contribution in [0, 0.1) is 11.8 Å². The van der Waals surface area contributed by atoms with Crippen LogP contribution >= 0.6 is 0 Å². The molecule has 1 rings (SSSR count). The normalized spacial score (nSPS) is 26.7. The average molecular weight is 212 g/mol. The summed E-state index contributed by atoms with van der Waals surface area (Å²) >= 11 is 0. The van der Waals surface area contributed by atoms with Crippen LogP contribution in [0.5, 0.6) is 0 Å². The Bertz CT molecular complexity index is 226. The maximum atomic E-state index is 12.0. The molecule has 1 amide bonds. The van der Waals surface area contributed by atoms with Gasteiger partial charge in [0.1, 0.15) is 0 Å². The van der Waals surface area contributed by atoms with E-state index in [0.29, 0.717) is 12.5 Å². The van der Waals surface area contributed by atoms with E-state index in [1.54, 1.807) is 0 Å². The van der Waals surface area contributed by atoms with Crippen molar-refractivity contribution in [1.82, 2.24) is 5.32 Å². The maximum absolute atomic E-state index is 12.0. The van der Waals surface area contributed by atoms with Gasteiger partial charge in [0.2, 0.25) is 5.91 Å². The van der Waals surface area contributed by atoms with E-state index < -0.39 is 0 Å². The predicted molar refractivity (Wildman–Crippen MR) is 62.4 cm³/mol. The van der Waals surface area contributed by atoms with Gasteiger partial charge in [-0.1, -0.05) is 13.3 Å². The third kappa shape index (κ3) is 3.49. The van der Waals surface area contributed by atoms with Crippen molar-refractivity contribution in [3.63, 3.8) is 0 Å². The zero-order chi connectivity index (χ0) is 11.5. The smallest absolute Gasteiger partial charge is 0.223 e. The summed E-state index contributed by atoms with van der Waals surface area (Å²) in [7, 11) is 0. The van der Waals surface area contributed by atoms with E-state index >= 15 is 0 Å². The Labute approximate surface area is 92.8 Å². The van der Waals surface area contributed by atoms with Crippen LogP contribution in [0.4, 0.5) is 0 Å². The zero-order valence-electron chi connectivity index (χ0n) is 10.2. The van der Waals surface area contributed by atoms with Gasteiger partial charge in [-0.2, -0.15) is 0 Å². The summed E-state index contributed by atoms with van der Waals surface area (Å²) in [6.45, 7) is 6.87. The molecule has 2 atom stereocenters. The molecule has 0 aliphatic heterocycles. The van der Waals surface area contributed by atoms with Crippen molar-refractivity contribution >= 4 is 5.91 Å². The van der Waals surface area contributed by atoms with Crippen LogP contribution in [-0.4, -0.2) is 18.0 Å². The summed E-state index contributed by atoms with van der Waals surface area (Å²) in [5.41, 5.74) is 5.36. The van der Waals surface area contributed by atoms with Gasteiger partial charge >= 0.3 is 0 Å². The van der Waals surface area contributed by atoms with E-state index in [-0.39, 0.29) is 17.4 Å². The first-order chi connectivity index (χ1) is 6.96. The van der Waals surface area contributed by atoms with Gasteiger partial charge in [-0.05, 0) is 45.6 Å². The molecule has 0 heterocycles. The number of nitrogens with one attached hydrogen (secondary N) is 1. The van der Waals surface area contributed by atoms with Gasteiger partial charge < -0.3 is 11.1 Å². The molecule has 1 fully saturated rings. The summed E-state index contributed by atoms with van der Waals surface area (Å²) in [5.74, 6) is 0.985. The van der Waals surface area contributed by atoms with E-state index in [9.17, 15) is 4.79 Å².